The van der Waals surface area contributed by atoms with Gasteiger partial charge in [-0.2, -0.15) is 0 Å². The normalized spacial score (nSPS) is 25.0. The number of imide groups is 2. The van der Waals surface area contributed by atoms with E-state index in [-0.39, 0.29) is 29.2 Å². The number of carbonyl (C=O) groups is 4. The lowest BCUT2D eigenvalue weighted by atomic mass is 9.88. The van der Waals surface area contributed by atoms with E-state index in [1.54, 1.807) is 48.5 Å². The van der Waals surface area contributed by atoms with Crippen LogP contribution in [0.5, 0.6) is 11.5 Å². The monoisotopic (exact) mass is 831 g/mol. The second-order valence-corrected chi connectivity index (χ2v) is 15.0. The van der Waals surface area contributed by atoms with Crippen LogP contribution in [-0.4, -0.2) is 101 Å². The minimum atomic E-state index is -3.65. The first-order valence-electron chi connectivity index (χ1n) is 23.1. The molecule has 3 N–H and O–H groups in total. The van der Waals surface area contributed by atoms with E-state index >= 15 is 8.78 Å². The molecule has 0 aromatic heterocycles. The third kappa shape index (κ3) is 8.01. The number of hydrogen-bond donors (Lipinski definition) is 3. The van der Waals surface area contributed by atoms with Gasteiger partial charge in [-0.3, -0.25) is 34.3 Å². The highest BCUT2D eigenvalue weighted by atomic mass is 35.5. The van der Waals surface area contributed by atoms with Gasteiger partial charge in [-0.15, -0.1) is 11.6 Å². The minimum Gasteiger partial charge on any atom is -0.508 e. The lowest BCUT2D eigenvalue weighted by molar-refractivity contribution is -0.136. The van der Waals surface area contributed by atoms with Crippen molar-refractivity contribution in [3.05, 3.63) is 118 Å². The summed E-state index contributed by atoms with van der Waals surface area (Å²) < 4.78 is 104. The van der Waals surface area contributed by atoms with Crippen molar-refractivity contribution >= 4 is 57.8 Å². The van der Waals surface area contributed by atoms with Crippen molar-refractivity contribution in [1.82, 2.24) is 15.1 Å². The molecule has 4 heterocycles. The molecule has 4 aliphatic heterocycles. The van der Waals surface area contributed by atoms with Gasteiger partial charge in [-0.05, 0) is 102 Å². The number of anilines is 2. The maximum Gasteiger partial charge on any atom is 0.265 e. The first kappa shape index (κ1) is 31.2. The van der Waals surface area contributed by atoms with Crippen LogP contribution in [-0.2, 0) is 9.59 Å². The minimum absolute atomic E-state index is 0.0978. The number of phenolic OH excluding ortho intramolecular Hbond substituents is 2. The molecular weight excluding hydrogens is 780 g/mol. The fraction of sp³-hybridized carbons (Fsp3) is 0.333. The lowest BCUT2D eigenvalue weighted by Gasteiger charge is -2.40. The predicted octanol–water partition coefficient (Wildman–Crippen LogP) is 6.40. The zero-order valence-electron chi connectivity index (χ0n) is 39.5. The van der Waals surface area contributed by atoms with Crippen LogP contribution in [0.2, 0.25) is 0 Å². The second kappa shape index (κ2) is 16.8. The molecule has 3 saturated heterocycles. The number of halogens is 3. The first-order valence-corrected chi connectivity index (χ1v) is 19.6. The number of carbonyl (C=O) groups excluding carboxylic acids is 4. The van der Waals surface area contributed by atoms with Crippen molar-refractivity contribution in [2.45, 2.75) is 38.1 Å². The molecular formula is C45H44ClF2N5O6. The Hall–Kier alpha value is -5.79. The largest absolute Gasteiger partial charge is 0.508 e. The maximum atomic E-state index is 16.1. The number of piperidine rings is 2. The average molecular weight is 832 g/mol. The Morgan fingerprint density at radius 1 is 0.763 bits per heavy atom. The summed E-state index contributed by atoms with van der Waals surface area (Å²) in [5.41, 5.74) is 1.74. The highest BCUT2D eigenvalue weighted by Gasteiger charge is 2.47. The van der Waals surface area contributed by atoms with Crippen LogP contribution in [0.1, 0.15) is 80.5 Å². The number of phenols is 2. The Morgan fingerprint density at radius 3 is 1.95 bits per heavy atom. The molecule has 14 heteroatoms. The molecule has 4 aromatic rings. The smallest absolute Gasteiger partial charge is 0.265 e. The highest BCUT2D eigenvalue weighted by molar-refractivity contribution is 6.24. The van der Waals surface area contributed by atoms with E-state index in [1.807, 2.05) is 29.6 Å². The van der Waals surface area contributed by atoms with Gasteiger partial charge in [0.2, 0.25) is 11.8 Å². The van der Waals surface area contributed by atoms with Crippen molar-refractivity contribution in [3.8, 4) is 11.5 Å². The number of alkyl halides is 1. The second-order valence-electron chi connectivity index (χ2n) is 14.7. The summed E-state index contributed by atoms with van der Waals surface area (Å²) >= 11 is 6.30. The molecule has 4 amide bonds. The van der Waals surface area contributed by atoms with Crippen LogP contribution in [0, 0.1) is 17.6 Å². The van der Waals surface area contributed by atoms with Gasteiger partial charge in [0.1, 0.15) is 17.5 Å². The zero-order chi connectivity index (χ0) is 48.5. The molecule has 4 aliphatic rings. The quantitative estimate of drug-likeness (QED) is 0.0944. The Bertz CT molecular complexity index is 2660. The summed E-state index contributed by atoms with van der Waals surface area (Å²) in [6.45, 7) is -13.8. The van der Waals surface area contributed by atoms with Crippen LogP contribution in [0.3, 0.4) is 0 Å². The number of nitrogens with one attached hydrogen (secondary N) is 1. The van der Waals surface area contributed by atoms with Crippen LogP contribution < -0.4 is 15.1 Å². The van der Waals surface area contributed by atoms with Crippen molar-refractivity contribution in [2.24, 2.45) is 5.92 Å². The van der Waals surface area contributed by atoms with E-state index in [9.17, 15) is 29.4 Å². The Labute approximate surface area is 356 Å². The van der Waals surface area contributed by atoms with Crippen LogP contribution in [0.4, 0.5) is 20.2 Å². The van der Waals surface area contributed by atoms with Gasteiger partial charge in [-0.25, -0.2) is 8.78 Å². The van der Waals surface area contributed by atoms with Gasteiger partial charge < -0.3 is 20.0 Å². The topological polar surface area (TPSA) is 134 Å². The standard InChI is InChI=1S/C45H44ClF2N5O6/c46-18-15-34(28-3-9-32(54)10-4-28)39(30-5-11-33(55)12-6-30)29-1-7-31(8-2-29)51-19-16-27(17-20-51)26-50-21-23-52(24-22-50)37-25-35-40(42(48)41(37)47)45(59)53(44(35)58)36-13-14-38(56)49-43(36)57/h1-12,25,27,36,54-55H,13-24,26H2,(H,49,56,57)/i21D2,22D2,23D2,24D2. The molecule has 8 rings (SSSR count). The Morgan fingerprint density at radius 2 is 1.36 bits per heavy atom. The predicted molar refractivity (Wildman–Crippen MR) is 221 cm³/mol. The molecule has 0 spiro atoms. The molecule has 1 atom stereocenters. The fourth-order valence-corrected chi connectivity index (χ4v) is 8.17. The number of benzene rings is 4. The van der Waals surface area contributed by atoms with Crippen LogP contribution in [0.15, 0.2) is 78.9 Å². The first-order chi connectivity index (χ1) is 31.5. The molecule has 0 bridgehead atoms. The summed E-state index contributed by atoms with van der Waals surface area (Å²) in [6.07, 6.45) is 0.589. The molecule has 11 nitrogen and oxygen atoms in total. The van der Waals surface area contributed by atoms with Gasteiger partial charge in [0.25, 0.3) is 11.8 Å². The van der Waals surface area contributed by atoms with Crippen LogP contribution in [0.25, 0.3) is 11.1 Å². The molecule has 0 aliphatic carbocycles. The summed E-state index contributed by atoms with van der Waals surface area (Å²) in [4.78, 5) is 53.8. The fourth-order valence-electron chi connectivity index (χ4n) is 7.98. The van der Waals surface area contributed by atoms with Crippen molar-refractivity contribution in [1.29, 1.82) is 0 Å². The summed E-state index contributed by atoms with van der Waals surface area (Å²) in [6, 6.07) is 20.2. The number of amides is 4. The molecule has 4 aromatic carbocycles. The molecule has 0 saturated carbocycles. The Balaban J connectivity index is 1.02. The number of nitrogens with zero attached hydrogens (tertiary/aromatic N) is 4. The molecule has 3 fully saturated rings. The van der Waals surface area contributed by atoms with Crippen molar-refractivity contribution < 1.29 is 49.1 Å². The van der Waals surface area contributed by atoms with Gasteiger partial charge in [0.05, 0.1) is 22.3 Å². The van der Waals surface area contributed by atoms with Gasteiger partial charge >= 0.3 is 0 Å². The van der Waals surface area contributed by atoms with Crippen LogP contribution >= 0.6 is 11.6 Å². The SMILES string of the molecule is [2H]C1([2H])N(CC2CCN(c3ccc(C(=C(CCCl)c4ccc(O)cc4)c4ccc(O)cc4)cc3)CC2)C([2H])([2H])C([2H])([2H])N(c2cc3c(c(F)c2F)C(=O)N(C2CCC(=O)NC2=O)C3=O)C1([2H])[2H]. The highest BCUT2D eigenvalue weighted by Crippen LogP contribution is 2.38. The summed E-state index contributed by atoms with van der Waals surface area (Å²) in [7, 11) is 0. The number of allylic oxidation sites excluding steroid dienone is 1. The van der Waals surface area contributed by atoms with Gasteiger partial charge in [0.15, 0.2) is 11.6 Å². The number of fused-ring (bicyclic) bond motifs is 1. The lowest BCUT2D eigenvalue weighted by Crippen LogP contribution is -2.54. The van der Waals surface area contributed by atoms with E-state index in [0.717, 1.165) is 33.5 Å². The summed E-state index contributed by atoms with van der Waals surface area (Å²) in [5.74, 6) is -8.54. The third-order valence-corrected chi connectivity index (χ3v) is 11.2. The molecule has 0 radical (unpaired) electrons. The van der Waals surface area contributed by atoms with Crippen molar-refractivity contribution in [3.63, 3.8) is 0 Å². The van der Waals surface area contributed by atoms with Gasteiger partial charge in [0, 0.05) is 69.1 Å². The number of hydrogen-bond acceptors (Lipinski definition) is 9. The number of piperazine rings is 1. The molecule has 59 heavy (non-hydrogen) atoms. The average Bonchev–Trinajstić information content (AvgIpc) is 3.52. The molecule has 306 valence electrons. The number of aromatic hydroxyl groups is 2. The summed E-state index contributed by atoms with van der Waals surface area (Å²) in [5, 5.41) is 22.0. The van der Waals surface area contributed by atoms with E-state index in [0.29, 0.717) is 54.1 Å². The molecule has 1 unspecified atom stereocenters. The van der Waals surface area contributed by atoms with Crippen molar-refractivity contribution in [2.75, 3.05) is 61.3 Å². The maximum absolute atomic E-state index is 16.1. The Kier molecular flexibility index (Phi) is 8.89. The third-order valence-electron chi connectivity index (χ3n) is 11.0. The number of rotatable bonds is 10. The zero-order valence-corrected chi connectivity index (χ0v) is 32.2. The van der Waals surface area contributed by atoms with E-state index in [4.69, 9.17) is 22.6 Å². The van der Waals surface area contributed by atoms with E-state index in [2.05, 4.69) is 4.90 Å². The van der Waals surface area contributed by atoms with E-state index < -0.39 is 96.6 Å². The van der Waals surface area contributed by atoms with Gasteiger partial charge in [-0.1, -0.05) is 36.4 Å². The van der Waals surface area contributed by atoms with E-state index in [1.165, 1.54) is 0 Å².